The molecule has 0 atom stereocenters. The molecule has 0 aliphatic heterocycles. The quantitative estimate of drug-likeness (QED) is 0.771. The Morgan fingerprint density at radius 1 is 0.900 bits per heavy atom. The first-order chi connectivity index (χ1) is 9.72. The summed E-state index contributed by atoms with van der Waals surface area (Å²) in [5, 5.41) is 4.61. The summed E-state index contributed by atoms with van der Waals surface area (Å²) in [6.07, 6.45) is 3.37. The van der Waals surface area contributed by atoms with Crippen LogP contribution in [0.1, 0.15) is 5.56 Å². The van der Waals surface area contributed by atoms with Crippen molar-refractivity contribution in [3.8, 4) is 0 Å². The van der Waals surface area contributed by atoms with Crippen molar-refractivity contribution >= 4 is 39.9 Å². The summed E-state index contributed by atoms with van der Waals surface area (Å²) >= 11 is 12.0. The monoisotopic (exact) mass is 303 g/mol. The van der Waals surface area contributed by atoms with E-state index in [0.717, 1.165) is 22.3 Å². The van der Waals surface area contributed by atoms with Gasteiger partial charge in [0.1, 0.15) is 0 Å². The van der Waals surface area contributed by atoms with Crippen LogP contribution >= 0.6 is 23.2 Å². The molecule has 0 saturated heterocycles. The minimum absolute atomic E-state index is 0.627. The van der Waals surface area contributed by atoms with E-state index in [1.165, 1.54) is 0 Å². The third-order valence-corrected chi connectivity index (χ3v) is 3.55. The van der Waals surface area contributed by atoms with Gasteiger partial charge in [-0.3, -0.25) is 9.97 Å². The van der Waals surface area contributed by atoms with Crippen LogP contribution in [0.2, 0.25) is 10.0 Å². The average molecular weight is 304 g/mol. The third kappa shape index (κ3) is 2.84. The summed E-state index contributed by atoms with van der Waals surface area (Å²) in [6, 6.07) is 11.4. The molecule has 3 rings (SSSR count). The zero-order valence-corrected chi connectivity index (χ0v) is 12.0. The third-order valence-electron chi connectivity index (χ3n) is 2.97. The molecule has 0 saturated carbocycles. The minimum Gasteiger partial charge on any atom is -0.381 e. The fourth-order valence-electron chi connectivity index (χ4n) is 1.94. The lowest BCUT2D eigenvalue weighted by atomic mass is 10.2. The van der Waals surface area contributed by atoms with E-state index in [0.29, 0.717) is 16.6 Å². The molecule has 0 aliphatic carbocycles. The maximum atomic E-state index is 6.14. The number of halogens is 2. The first-order valence-electron chi connectivity index (χ1n) is 6.11. The van der Waals surface area contributed by atoms with Gasteiger partial charge in [-0.2, -0.15) is 0 Å². The lowest BCUT2D eigenvalue weighted by molar-refractivity contribution is 1.15. The Morgan fingerprint density at radius 3 is 2.50 bits per heavy atom. The highest BCUT2D eigenvalue weighted by Crippen LogP contribution is 2.22. The van der Waals surface area contributed by atoms with E-state index in [1.54, 1.807) is 18.5 Å². The normalized spacial score (nSPS) is 10.7. The number of anilines is 1. The molecule has 20 heavy (non-hydrogen) atoms. The smallest absolute Gasteiger partial charge is 0.0907 e. The number of benzene rings is 2. The number of nitrogens with one attached hydrogen (secondary N) is 1. The molecule has 0 bridgehead atoms. The summed E-state index contributed by atoms with van der Waals surface area (Å²) in [4.78, 5) is 8.52. The van der Waals surface area contributed by atoms with Crippen molar-refractivity contribution in [1.29, 1.82) is 0 Å². The molecule has 1 aromatic heterocycles. The standard InChI is InChI=1S/C15H11Cl2N3/c16-11-2-1-10(13(17)7-11)9-20-12-3-4-14-15(8-12)19-6-5-18-14/h1-8,20H,9H2. The molecule has 0 fully saturated rings. The molecule has 0 aliphatic rings. The van der Waals surface area contributed by atoms with Crippen molar-refractivity contribution in [2.75, 3.05) is 5.32 Å². The Balaban J connectivity index is 1.79. The lowest BCUT2D eigenvalue weighted by Gasteiger charge is -2.09. The Bertz CT molecular complexity index is 759. The fraction of sp³-hybridized carbons (Fsp3) is 0.0667. The van der Waals surface area contributed by atoms with Crippen LogP contribution < -0.4 is 5.32 Å². The number of hydrogen-bond acceptors (Lipinski definition) is 3. The van der Waals surface area contributed by atoms with Crippen molar-refractivity contribution in [2.24, 2.45) is 0 Å². The van der Waals surface area contributed by atoms with E-state index in [1.807, 2.05) is 30.3 Å². The van der Waals surface area contributed by atoms with Gasteiger partial charge in [0, 0.05) is 34.7 Å². The molecule has 0 unspecified atom stereocenters. The maximum absolute atomic E-state index is 6.14. The van der Waals surface area contributed by atoms with Gasteiger partial charge in [0.15, 0.2) is 0 Å². The second-order valence-electron chi connectivity index (χ2n) is 4.35. The predicted octanol–water partition coefficient (Wildman–Crippen LogP) is 4.55. The number of aromatic nitrogens is 2. The van der Waals surface area contributed by atoms with Gasteiger partial charge in [-0.15, -0.1) is 0 Å². The number of fused-ring (bicyclic) bond motifs is 1. The van der Waals surface area contributed by atoms with Crippen LogP contribution in [0, 0.1) is 0 Å². The molecular formula is C15H11Cl2N3. The molecule has 100 valence electrons. The first-order valence-corrected chi connectivity index (χ1v) is 6.86. The van der Waals surface area contributed by atoms with Crippen molar-refractivity contribution in [3.05, 3.63) is 64.4 Å². The van der Waals surface area contributed by atoms with Crippen molar-refractivity contribution < 1.29 is 0 Å². The van der Waals surface area contributed by atoms with Crippen molar-refractivity contribution in [1.82, 2.24) is 9.97 Å². The molecule has 5 heteroatoms. The molecular weight excluding hydrogens is 293 g/mol. The van der Waals surface area contributed by atoms with E-state index in [-0.39, 0.29) is 0 Å². The number of rotatable bonds is 3. The Morgan fingerprint density at radius 2 is 1.70 bits per heavy atom. The Kier molecular flexibility index (Phi) is 3.72. The topological polar surface area (TPSA) is 37.8 Å². The van der Waals surface area contributed by atoms with Gasteiger partial charge < -0.3 is 5.32 Å². The molecule has 0 amide bonds. The zero-order valence-electron chi connectivity index (χ0n) is 10.5. The number of hydrogen-bond donors (Lipinski definition) is 1. The van der Waals surface area contributed by atoms with Gasteiger partial charge in [-0.05, 0) is 35.9 Å². The molecule has 1 heterocycles. The van der Waals surface area contributed by atoms with Crippen LogP contribution in [-0.4, -0.2) is 9.97 Å². The molecule has 3 nitrogen and oxygen atoms in total. The number of nitrogens with zero attached hydrogens (tertiary/aromatic N) is 2. The highest BCUT2D eigenvalue weighted by molar-refractivity contribution is 6.35. The van der Waals surface area contributed by atoms with E-state index in [2.05, 4.69) is 15.3 Å². The van der Waals surface area contributed by atoms with E-state index in [9.17, 15) is 0 Å². The first kappa shape index (κ1) is 13.2. The highest BCUT2D eigenvalue weighted by Gasteiger charge is 2.02. The van der Waals surface area contributed by atoms with Crippen molar-refractivity contribution in [2.45, 2.75) is 6.54 Å². The summed E-state index contributed by atoms with van der Waals surface area (Å²) in [7, 11) is 0. The molecule has 2 aromatic carbocycles. The predicted molar refractivity (Wildman–Crippen MR) is 83.3 cm³/mol. The second kappa shape index (κ2) is 5.65. The maximum Gasteiger partial charge on any atom is 0.0907 e. The summed E-state index contributed by atoms with van der Waals surface area (Å²) in [5.41, 5.74) is 3.71. The van der Waals surface area contributed by atoms with Crippen LogP contribution in [0.15, 0.2) is 48.8 Å². The highest BCUT2D eigenvalue weighted by atomic mass is 35.5. The van der Waals surface area contributed by atoms with Crippen LogP contribution in [0.5, 0.6) is 0 Å². The summed E-state index contributed by atoms with van der Waals surface area (Å²) < 4.78 is 0. The summed E-state index contributed by atoms with van der Waals surface area (Å²) in [6.45, 7) is 0.627. The van der Waals surface area contributed by atoms with Gasteiger partial charge >= 0.3 is 0 Å². The average Bonchev–Trinajstić information content (AvgIpc) is 2.46. The fourth-order valence-corrected chi connectivity index (χ4v) is 2.41. The molecule has 1 N–H and O–H groups in total. The molecule has 0 spiro atoms. The largest absolute Gasteiger partial charge is 0.381 e. The van der Waals surface area contributed by atoms with Crippen molar-refractivity contribution in [3.63, 3.8) is 0 Å². The van der Waals surface area contributed by atoms with E-state index in [4.69, 9.17) is 23.2 Å². The molecule has 0 radical (unpaired) electrons. The van der Waals surface area contributed by atoms with Gasteiger partial charge in [-0.1, -0.05) is 29.3 Å². The second-order valence-corrected chi connectivity index (χ2v) is 5.19. The van der Waals surface area contributed by atoms with Crippen LogP contribution in [0.3, 0.4) is 0 Å². The van der Waals surface area contributed by atoms with Gasteiger partial charge in [0.25, 0.3) is 0 Å². The Labute approximate surface area is 126 Å². The zero-order chi connectivity index (χ0) is 13.9. The van der Waals surface area contributed by atoms with Gasteiger partial charge in [0.2, 0.25) is 0 Å². The van der Waals surface area contributed by atoms with E-state index >= 15 is 0 Å². The lowest BCUT2D eigenvalue weighted by Crippen LogP contribution is -2.00. The Hall–Kier alpha value is -1.84. The van der Waals surface area contributed by atoms with Gasteiger partial charge in [0.05, 0.1) is 11.0 Å². The SMILES string of the molecule is Clc1ccc(CNc2ccc3nccnc3c2)c(Cl)c1. The van der Waals surface area contributed by atoms with Crippen LogP contribution in [0.4, 0.5) is 5.69 Å². The molecule has 3 aromatic rings. The van der Waals surface area contributed by atoms with Crippen LogP contribution in [-0.2, 0) is 6.54 Å². The van der Waals surface area contributed by atoms with E-state index < -0.39 is 0 Å². The summed E-state index contributed by atoms with van der Waals surface area (Å²) in [5.74, 6) is 0. The minimum atomic E-state index is 0.627. The van der Waals surface area contributed by atoms with Crippen LogP contribution in [0.25, 0.3) is 11.0 Å². The van der Waals surface area contributed by atoms with Gasteiger partial charge in [-0.25, -0.2) is 0 Å².